The average Bonchev–Trinajstić information content (AvgIpc) is 2.31. The molecule has 1 nitrogen and oxygen atoms in total. The summed E-state index contributed by atoms with van der Waals surface area (Å²) in [6.45, 7) is 9.41. The van der Waals surface area contributed by atoms with Gasteiger partial charge in [-0.1, -0.05) is 58.0 Å². The lowest BCUT2D eigenvalue weighted by Gasteiger charge is -2.38. The highest BCUT2D eigenvalue weighted by Crippen LogP contribution is 2.27. The van der Waals surface area contributed by atoms with Crippen LogP contribution in [0.5, 0.6) is 0 Å². The lowest BCUT2D eigenvalue weighted by molar-refractivity contribution is -0.719. The molecule has 0 fully saturated rings. The maximum atomic E-state index is 2.44. The minimum Gasteiger partial charge on any atom is -1.00 e. The highest BCUT2D eigenvalue weighted by Gasteiger charge is 2.38. The third kappa shape index (κ3) is 4.23. The molecule has 0 heterocycles. The third-order valence-electron chi connectivity index (χ3n) is 4.38. The van der Waals surface area contributed by atoms with Crippen LogP contribution in [0.4, 0.5) is 0 Å². The van der Waals surface area contributed by atoms with Crippen LogP contribution in [0.25, 0.3) is 0 Å². The molecule has 0 aliphatic heterocycles. The van der Waals surface area contributed by atoms with Gasteiger partial charge in [-0.25, -0.2) is 0 Å². The molecule has 2 heteroatoms. The Morgan fingerprint density at radius 3 is 1.89 bits per heavy atom. The lowest BCUT2D eigenvalue weighted by Crippen LogP contribution is -3.00. The average molecular weight is 361 g/mol. The minimum absolute atomic E-state index is 0. The molecule has 0 saturated heterocycles. The zero-order valence-electron chi connectivity index (χ0n) is 12.4. The van der Waals surface area contributed by atoms with Crippen molar-refractivity contribution in [1.29, 1.82) is 0 Å². The molecule has 1 rings (SSSR count). The molecule has 0 amide bonds. The first kappa shape index (κ1) is 17.9. The molecular weight excluding hydrogens is 333 g/mol. The molecule has 0 aliphatic carbocycles. The predicted molar refractivity (Wildman–Crippen MR) is 75.0 cm³/mol. The van der Waals surface area contributed by atoms with Gasteiger partial charge in [-0.05, 0) is 12.0 Å². The molecule has 0 spiro atoms. The Balaban J connectivity index is 0.00000289. The summed E-state index contributed by atoms with van der Waals surface area (Å²) in [7, 11) is 2.23. The van der Waals surface area contributed by atoms with Crippen LogP contribution in [-0.2, 0) is 6.42 Å². The Kier molecular flexibility index (Phi) is 8.11. The molecular formula is C16H28IN. The molecule has 0 bridgehead atoms. The molecule has 0 radical (unpaired) electrons. The van der Waals surface area contributed by atoms with E-state index in [1.165, 1.54) is 18.4 Å². The first-order valence-electron chi connectivity index (χ1n) is 6.87. The van der Waals surface area contributed by atoms with Gasteiger partial charge in [-0.2, -0.15) is 0 Å². The second-order valence-corrected chi connectivity index (χ2v) is 5.70. The Morgan fingerprint density at radius 2 is 1.50 bits per heavy atom. The van der Waals surface area contributed by atoms with Gasteiger partial charge in [0.15, 0.2) is 0 Å². The van der Waals surface area contributed by atoms with Gasteiger partial charge in [-0.15, -0.1) is 0 Å². The summed E-state index contributed by atoms with van der Waals surface area (Å²) in [4.78, 5) is 0. The van der Waals surface area contributed by atoms with Crippen molar-refractivity contribution in [3.63, 3.8) is 0 Å². The second-order valence-electron chi connectivity index (χ2n) is 5.70. The first-order valence-corrected chi connectivity index (χ1v) is 6.87. The van der Waals surface area contributed by atoms with Crippen LogP contribution in [-0.4, -0.2) is 12.6 Å². The Morgan fingerprint density at radius 1 is 1.00 bits per heavy atom. The van der Waals surface area contributed by atoms with Gasteiger partial charge >= 0.3 is 0 Å². The summed E-state index contributed by atoms with van der Waals surface area (Å²) in [5, 5.41) is 2.44. The largest absolute Gasteiger partial charge is 1.00 e. The molecule has 18 heavy (non-hydrogen) atoms. The van der Waals surface area contributed by atoms with E-state index in [0.717, 1.165) is 0 Å². The van der Waals surface area contributed by atoms with Crippen molar-refractivity contribution in [3.8, 4) is 0 Å². The predicted octanol–water partition coefficient (Wildman–Crippen LogP) is -0.133. The van der Waals surface area contributed by atoms with Crippen LogP contribution >= 0.6 is 0 Å². The summed E-state index contributed by atoms with van der Waals surface area (Å²) >= 11 is 0. The number of hydrogen-bond acceptors (Lipinski definition) is 0. The van der Waals surface area contributed by atoms with Crippen LogP contribution in [0.15, 0.2) is 30.3 Å². The van der Waals surface area contributed by atoms with Crippen LogP contribution in [0, 0.1) is 11.8 Å². The molecule has 1 aromatic rings. The zero-order valence-corrected chi connectivity index (χ0v) is 14.6. The van der Waals surface area contributed by atoms with Crippen molar-refractivity contribution in [2.24, 2.45) is 11.8 Å². The number of hydrogen-bond donors (Lipinski definition) is 1. The molecule has 0 aromatic heterocycles. The number of benzene rings is 1. The van der Waals surface area contributed by atoms with Gasteiger partial charge < -0.3 is 29.3 Å². The zero-order chi connectivity index (χ0) is 12.9. The van der Waals surface area contributed by atoms with Crippen molar-refractivity contribution in [2.75, 3.05) is 7.05 Å². The Bertz CT molecular complexity index is 311. The number of nitrogens with two attached hydrogens (primary N) is 1. The van der Waals surface area contributed by atoms with Crippen LogP contribution in [0.2, 0.25) is 0 Å². The molecule has 0 aliphatic rings. The van der Waals surface area contributed by atoms with Crippen LogP contribution < -0.4 is 29.3 Å². The maximum absolute atomic E-state index is 2.44. The van der Waals surface area contributed by atoms with E-state index in [1.54, 1.807) is 0 Å². The Hall–Kier alpha value is -0.0900. The number of aryl methyl sites for hydroxylation is 1. The summed E-state index contributed by atoms with van der Waals surface area (Å²) in [6.07, 6.45) is 2.43. The topological polar surface area (TPSA) is 16.6 Å². The fourth-order valence-electron chi connectivity index (χ4n) is 3.06. The molecule has 1 aromatic carbocycles. The summed E-state index contributed by atoms with van der Waals surface area (Å²) in [5.74, 6) is 1.41. The van der Waals surface area contributed by atoms with E-state index >= 15 is 0 Å². The molecule has 0 saturated carbocycles. The van der Waals surface area contributed by atoms with Crippen molar-refractivity contribution in [1.82, 2.24) is 0 Å². The summed E-state index contributed by atoms with van der Waals surface area (Å²) in [5.41, 5.74) is 1.83. The van der Waals surface area contributed by atoms with Gasteiger partial charge in [0.05, 0.1) is 7.05 Å². The van der Waals surface area contributed by atoms with Crippen molar-refractivity contribution in [3.05, 3.63) is 35.9 Å². The van der Waals surface area contributed by atoms with Gasteiger partial charge in [0.25, 0.3) is 0 Å². The maximum Gasteiger partial charge on any atom is 0.101 e. The minimum atomic E-state index is 0. The lowest BCUT2D eigenvalue weighted by atomic mass is 9.73. The van der Waals surface area contributed by atoms with Crippen molar-refractivity contribution < 1.29 is 29.3 Å². The number of halogens is 1. The fraction of sp³-hybridized carbons (Fsp3) is 0.625. The van der Waals surface area contributed by atoms with E-state index in [4.69, 9.17) is 0 Å². The molecule has 0 atom stereocenters. The SMILES string of the molecule is C[NH2+]C(CCc1ccccc1)(C(C)C)C(C)C.[I-]. The van der Waals surface area contributed by atoms with Crippen LogP contribution in [0.3, 0.4) is 0 Å². The second kappa shape index (κ2) is 8.16. The van der Waals surface area contributed by atoms with E-state index in [1.807, 2.05) is 0 Å². The summed E-state index contributed by atoms with van der Waals surface area (Å²) in [6, 6.07) is 10.8. The van der Waals surface area contributed by atoms with Crippen molar-refractivity contribution >= 4 is 0 Å². The Labute approximate surface area is 130 Å². The van der Waals surface area contributed by atoms with Crippen molar-refractivity contribution in [2.45, 2.75) is 46.1 Å². The molecule has 2 N–H and O–H groups in total. The van der Waals surface area contributed by atoms with Crippen LogP contribution in [0.1, 0.15) is 39.7 Å². The van der Waals surface area contributed by atoms with Gasteiger partial charge in [0, 0.05) is 18.3 Å². The first-order chi connectivity index (χ1) is 8.03. The molecule has 0 unspecified atom stereocenters. The van der Waals surface area contributed by atoms with E-state index in [9.17, 15) is 0 Å². The third-order valence-corrected chi connectivity index (χ3v) is 4.38. The normalized spacial score (nSPS) is 11.7. The summed E-state index contributed by atoms with van der Waals surface area (Å²) < 4.78 is 0. The van der Waals surface area contributed by atoms with E-state index in [-0.39, 0.29) is 24.0 Å². The standard InChI is InChI=1S/C16H27N.HI/c1-13(2)16(17-5,14(3)4)12-11-15-9-7-6-8-10-15;/h6-10,13-14,17H,11-12H2,1-5H3;1H. The van der Waals surface area contributed by atoms with Gasteiger partial charge in [0.2, 0.25) is 0 Å². The smallest absolute Gasteiger partial charge is 0.101 e. The van der Waals surface area contributed by atoms with E-state index in [2.05, 4.69) is 70.4 Å². The van der Waals surface area contributed by atoms with E-state index in [0.29, 0.717) is 17.4 Å². The number of quaternary nitrogens is 1. The van der Waals surface area contributed by atoms with Gasteiger partial charge in [-0.3, -0.25) is 0 Å². The molecule has 104 valence electrons. The quantitative estimate of drug-likeness (QED) is 0.680. The highest BCUT2D eigenvalue weighted by molar-refractivity contribution is 5.15. The monoisotopic (exact) mass is 361 g/mol. The number of rotatable bonds is 6. The van der Waals surface area contributed by atoms with Gasteiger partial charge in [0.1, 0.15) is 5.54 Å². The fourth-order valence-corrected chi connectivity index (χ4v) is 3.06. The van der Waals surface area contributed by atoms with E-state index < -0.39 is 0 Å². The highest BCUT2D eigenvalue weighted by atomic mass is 127.